The van der Waals surface area contributed by atoms with Crippen molar-refractivity contribution in [3.63, 3.8) is 0 Å². The van der Waals surface area contributed by atoms with Gasteiger partial charge in [-0.3, -0.25) is 0 Å². The van der Waals surface area contributed by atoms with Crippen LogP contribution in [0.15, 0.2) is 27.1 Å². The number of alkyl halides is 1. The summed E-state index contributed by atoms with van der Waals surface area (Å²) in [7, 11) is 0. The Balaban J connectivity index is 2.37. The van der Waals surface area contributed by atoms with Crippen molar-refractivity contribution in [1.82, 2.24) is 0 Å². The number of ether oxygens (including phenoxy) is 1. The van der Waals surface area contributed by atoms with Gasteiger partial charge in [-0.15, -0.1) is 0 Å². The molecule has 4 heteroatoms. The van der Waals surface area contributed by atoms with Gasteiger partial charge in [-0.2, -0.15) is 0 Å². The van der Waals surface area contributed by atoms with Crippen molar-refractivity contribution < 1.29 is 4.74 Å². The first-order chi connectivity index (χ1) is 7.63. The average Bonchev–Trinajstić information content (AvgIpc) is 2.22. The molecule has 1 aromatic rings. The molecule has 1 unspecified atom stereocenters. The molecule has 0 N–H and O–H groups in total. The molecule has 16 heavy (non-hydrogen) atoms. The van der Waals surface area contributed by atoms with Gasteiger partial charge in [0.2, 0.25) is 0 Å². The largest absolute Gasteiger partial charge is 0.492 e. The highest BCUT2D eigenvalue weighted by atomic mass is 79.9. The van der Waals surface area contributed by atoms with Gasteiger partial charge < -0.3 is 4.74 Å². The number of rotatable bonds is 6. The number of hydrogen-bond donors (Lipinski definition) is 0. The molecule has 0 saturated carbocycles. The molecule has 0 spiro atoms. The first kappa shape index (κ1) is 14.5. The van der Waals surface area contributed by atoms with Gasteiger partial charge >= 0.3 is 0 Å². The number of halogens is 3. The fourth-order valence-corrected chi connectivity index (χ4v) is 3.24. The predicted octanol–water partition coefficient (Wildman–Crippen LogP) is 5.40. The van der Waals surface area contributed by atoms with Crippen molar-refractivity contribution in [3.8, 4) is 5.75 Å². The fraction of sp³-hybridized carbons (Fsp3) is 0.500. The zero-order valence-electron chi connectivity index (χ0n) is 9.18. The van der Waals surface area contributed by atoms with Crippen LogP contribution in [-0.2, 0) is 0 Å². The molecular weight excluding hydrogens is 400 g/mol. The van der Waals surface area contributed by atoms with E-state index >= 15 is 0 Å². The maximum absolute atomic E-state index is 5.73. The molecule has 90 valence electrons. The zero-order chi connectivity index (χ0) is 12.0. The summed E-state index contributed by atoms with van der Waals surface area (Å²) in [5, 5.41) is 1.07. The van der Waals surface area contributed by atoms with Gasteiger partial charge in [-0.1, -0.05) is 38.8 Å². The molecule has 1 aromatic carbocycles. The number of benzene rings is 1. The fourth-order valence-electron chi connectivity index (χ4n) is 1.29. The van der Waals surface area contributed by atoms with Gasteiger partial charge in [-0.25, -0.2) is 0 Å². The van der Waals surface area contributed by atoms with Crippen LogP contribution < -0.4 is 4.74 Å². The molecule has 0 bridgehead atoms. The van der Waals surface area contributed by atoms with E-state index in [4.69, 9.17) is 4.74 Å². The van der Waals surface area contributed by atoms with E-state index in [0.29, 0.717) is 5.92 Å². The third kappa shape index (κ3) is 5.19. The molecule has 0 fully saturated rings. The van der Waals surface area contributed by atoms with Crippen molar-refractivity contribution in [2.75, 3.05) is 11.9 Å². The lowest BCUT2D eigenvalue weighted by atomic mass is 10.1. The Morgan fingerprint density at radius 2 is 2.00 bits per heavy atom. The molecule has 0 saturated heterocycles. The maximum atomic E-state index is 5.73. The van der Waals surface area contributed by atoms with Crippen LogP contribution in [0, 0.1) is 5.92 Å². The standard InChI is InChI=1S/C12H15Br3O/c1-9(4-6-13)5-7-16-12-3-2-10(14)8-11(12)15/h2-3,8-9H,4-7H2,1H3. The van der Waals surface area contributed by atoms with Crippen LogP contribution in [0.4, 0.5) is 0 Å². The molecule has 0 amide bonds. The van der Waals surface area contributed by atoms with E-state index in [0.717, 1.165) is 33.1 Å². The molecule has 0 radical (unpaired) electrons. The molecule has 1 rings (SSSR count). The summed E-state index contributed by atoms with van der Waals surface area (Å²) in [5.74, 6) is 1.61. The summed E-state index contributed by atoms with van der Waals surface area (Å²) in [6, 6.07) is 5.96. The van der Waals surface area contributed by atoms with Crippen molar-refractivity contribution in [3.05, 3.63) is 27.1 Å². The second kappa shape index (κ2) is 7.72. The van der Waals surface area contributed by atoms with E-state index in [9.17, 15) is 0 Å². The van der Waals surface area contributed by atoms with Gasteiger partial charge in [0.15, 0.2) is 0 Å². The Bertz CT molecular complexity index is 328. The van der Waals surface area contributed by atoms with Crippen molar-refractivity contribution >= 4 is 47.8 Å². The summed E-state index contributed by atoms with van der Waals surface area (Å²) in [5.41, 5.74) is 0. The third-order valence-corrected chi connectivity index (χ3v) is 3.93. The van der Waals surface area contributed by atoms with E-state index in [1.807, 2.05) is 18.2 Å². The smallest absolute Gasteiger partial charge is 0.133 e. The molecular formula is C12H15Br3O. The van der Waals surface area contributed by atoms with Crippen LogP contribution >= 0.6 is 47.8 Å². The summed E-state index contributed by atoms with van der Waals surface area (Å²) in [6.45, 7) is 3.02. The first-order valence-electron chi connectivity index (χ1n) is 5.27. The highest BCUT2D eigenvalue weighted by Gasteiger charge is 2.04. The summed E-state index contributed by atoms with van der Waals surface area (Å²) in [6.07, 6.45) is 2.29. The third-order valence-electron chi connectivity index (χ3n) is 2.36. The van der Waals surface area contributed by atoms with Crippen LogP contribution in [0.5, 0.6) is 5.75 Å². The molecule has 0 aromatic heterocycles. The first-order valence-corrected chi connectivity index (χ1v) is 7.98. The van der Waals surface area contributed by atoms with Crippen LogP contribution in [0.1, 0.15) is 19.8 Å². The molecule has 1 atom stereocenters. The van der Waals surface area contributed by atoms with Crippen molar-refractivity contribution in [2.24, 2.45) is 5.92 Å². The Morgan fingerprint density at radius 1 is 1.25 bits per heavy atom. The molecule has 0 aliphatic heterocycles. The van der Waals surface area contributed by atoms with Crippen LogP contribution in [0.3, 0.4) is 0 Å². The minimum absolute atomic E-state index is 0.702. The lowest BCUT2D eigenvalue weighted by Crippen LogP contribution is -2.04. The number of hydrogen-bond acceptors (Lipinski definition) is 1. The normalized spacial score (nSPS) is 12.5. The minimum Gasteiger partial charge on any atom is -0.492 e. The van der Waals surface area contributed by atoms with E-state index in [2.05, 4.69) is 54.7 Å². The summed E-state index contributed by atoms with van der Waals surface area (Å²) in [4.78, 5) is 0. The Morgan fingerprint density at radius 3 is 2.62 bits per heavy atom. The Hall–Kier alpha value is 0.460. The Kier molecular flexibility index (Phi) is 7.01. The lowest BCUT2D eigenvalue weighted by molar-refractivity contribution is 0.281. The molecule has 0 aliphatic carbocycles. The van der Waals surface area contributed by atoms with Crippen molar-refractivity contribution in [2.45, 2.75) is 19.8 Å². The van der Waals surface area contributed by atoms with E-state index in [-0.39, 0.29) is 0 Å². The Labute approximate surface area is 122 Å². The molecule has 0 aliphatic rings. The van der Waals surface area contributed by atoms with Gasteiger partial charge in [0, 0.05) is 9.80 Å². The van der Waals surface area contributed by atoms with Gasteiger partial charge in [-0.05, 0) is 52.9 Å². The second-order valence-corrected chi connectivity index (χ2v) is 6.36. The van der Waals surface area contributed by atoms with Crippen LogP contribution in [-0.4, -0.2) is 11.9 Å². The van der Waals surface area contributed by atoms with Gasteiger partial charge in [0.25, 0.3) is 0 Å². The van der Waals surface area contributed by atoms with Gasteiger partial charge in [0.05, 0.1) is 11.1 Å². The monoisotopic (exact) mass is 412 g/mol. The zero-order valence-corrected chi connectivity index (χ0v) is 13.9. The average molecular weight is 415 g/mol. The van der Waals surface area contributed by atoms with E-state index in [1.165, 1.54) is 6.42 Å². The van der Waals surface area contributed by atoms with Crippen LogP contribution in [0.25, 0.3) is 0 Å². The lowest BCUT2D eigenvalue weighted by Gasteiger charge is -2.12. The maximum Gasteiger partial charge on any atom is 0.133 e. The summed E-state index contributed by atoms with van der Waals surface area (Å²) < 4.78 is 7.78. The highest BCUT2D eigenvalue weighted by molar-refractivity contribution is 9.11. The minimum atomic E-state index is 0.702. The van der Waals surface area contributed by atoms with E-state index < -0.39 is 0 Å². The molecule has 1 nitrogen and oxygen atoms in total. The second-order valence-electron chi connectivity index (χ2n) is 3.79. The molecule has 0 heterocycles. The summed E-state index contributed by atoms with van der Waals surface area (Å²) >= 11 is 10.4. The highest BCUT2D eigenvalue weighted by Crippen LogP contribution is 2.28. The van der Waals surface area contributed by atoms with Gasteiger partial charge in [0.1, 0.15) is 5.75 Å². The quantitative estimate of drug-likeness (QED) is 0.566. The van der Waals surface area contributed by atoms with E-state index in [1.54, 1.807) is 0 Å². The predicted molar refractivity (Wildman–Crippen MR) is 79.5 cm³/mol. The topological polar surface area (TPSA) is 9.23 Å². The SMILES string of the molecule is CC(CCBr)CCOc1ccc(Br)cc1Br. The van der Waals surface area contributed by atoms with Crippen molar-refractivity contribution in [1.29, 1.82) is 0 Å². The van der Waals surface area contributed by atoms with Crippen LogP contribution in [0.2, 0.25) is 0 Å².